The molecule has 1 rings (SSSR count). The van der Waals surface area contributed by atoms with Crippen molar-refractivity contribution in [3.63, 3.8) is 0 Å². The lowest BCUT2D eigenvalue weighted by Crippen LogP contribution is -2.60. The van der Waals surface area contributed by atoms with E-state index < -0.39 is 0 Å². The average molecular weight is 354 g/mol. The van der Waals surface area contributed by atoms with Gasteiger partial charge in [0.1, 0.15) is 0 Å². The van der Waals surface area contributed by atoms with Crippen molar-refractivity contribution in [2.24, 2.45) is 0 Å². The molecule has 3 N–H and O–H groups in total. The number of rotatable bonds is 15. The summed E-state index contributed by atoms with van der Waals surface area (Å²) in [4.78, 5) is 0. The normalized spacial score (nSPS) is 17.3. The van der Waals surface area contributed by atoms with Crippen LogP contribution in [0.3, 0.4) is 0 Å². The van der Waals surface area contributed by atoms with Gasteiger partial charge in [-0.25, -0.2) is 0 Å². The molecular weight excluding hydrogens is 306 g/mol. The molecule has 150 valence electrons. The van der Waals surface area contributed by atoms with E-state index in [1.807, 2.05) is 0 Å². The molecule has 0 amide bonds. The van der Waals surface area contributed by atoms with Gasteiger partial charge in [0.05, 0.1) is 6.17 Å². The summed E-state index contributed by atoms with van der Waals surface area (Å²) < 4.78 is 0. The molecule has 1 saturated carbocycles. The van der Waals surface area contributed by atoms with Crippen LogP contribution in [0.15, 0.2) is 0 Å². The molecule has 0 aromatic carbocycles. The van der Waals surface area contributed by atoms with Crippen LogP contribution in [0.4, 0.5) is 0 Å². The van der Waals surface area contributed by atoms with Crippen molar-refractivity contribution in [3.05, 3.63) is 0 Å². The Bertz CT molecular complexity index is 288. The number of hydrogen-bond donors (Lipinski definition) is 3. The third-order valence-corrected chi connectivity index (χ3v) is 5.35. The highest BCUT2D eigenvalue weighted by molar-refractivity contribution is 4.87. The summed E-state index contributed by atoms with van der Waals surface area (Å²) in [6.07, 6.45) is 17.0. The van der Waals surface area contributed by atoms with Crippen molar-refractivity contribution in [3.8, 4) is 0 Å². The van der Waals surface area contributed by atoms with Gasteiger partial charge in [0.15, 0.2) is 0 Å². The van der Waals surface area contributed by atoms with Crippen LogP contribution in [0.25, 0.3) is 0 Å². The van der Waals surface area contributed by atoms with E-state index in [1.165, 1.54) is 77.0 Å². The van der Waals surface area contributed by atoms with E-state index in [4.69, 9.17) is 0 Å². The second-order valence-electron chi connectivity index (χ2n) is 8.78. The highest BCUT2D eigenvalue weighted by Gasteiger charge is 2.26. The van der Waals surface area contributed by atoms with Crippen molar-refractivity contribution in [1.82, 2.24) is 16.0 Å². The van der Waals surface area contributed by atoms with Gasteiger partial charge in [0, 0.05) is 24.2 Å². The standard InChI is InChI=1S/C22H47N3/c1-6-7-8-9-10-11-12-17-21(25-20-15-13-14-16-20)22(23-18(2)3)24-19(4)5/h18-25H,6-17H2,1-5H3. The van der Waals surface area contributed by atoms with E-state index in [0.29, 0.717) is 24.3 Å². The van der Waals surface area contributed by atoms with Crippen LogP contribution in [0, 0.1) is 0 Å². The van der Waals surface area contributed by atoms with Gasteiger partial charge in [-0.1, -0.05) is 64.7 Å². The van der Waals surface area contributed by atoms with Crippen LogP contribution in [0.1, 0.15) is 112 Å². The molecule has 1 atom stereocenters. The molecule has 0 radical (unpaired) electrons. The van der Waals surface area contributed by atoms with E-state index in [0.717, 1.165) is 6.04 Å². The second kappa shape index (κ2) is 14.0. The van der Waals surface area contributed by atoms with Crippen LogP contribution in [-0.2, 0) is 0 Å². The topological polar surface area (TPSA) is 36.1 Å². The number of hydrogen-bond acceptors (Lipinski definition) is 3. The maximum Gasteiger partial charge on any atom is 0.0734 e. The molecule has 1 fully saturated rings. The van der Waals surface area contributed by atoms with Gasteiger partial charge in [-0.05, 0) is 47.0 Å². The lowest BCUT2D eigenvalue weighted by atomic mass is 10.0. The van der Waals surface area contributed by atoms with E-state index in [1.54, 1.807) is 0 Å². The fourth-order valence-electron chi connectivity index (χ4n) is 4.06. The molecule has 1 unspecified atom stereocenters. The van der Waals surface area contributed by atoms with E-state index >= 15 is 0 Å². The summed E-state index contributed by atoms with van der Waals surface area (Å²) in [5.74, 6) is 0. The van der Waals surface area contributed by atoms with Gasteiger partial charge in [-0.15, -0.1) is 0 Å². The zero-order valence-corrected chi connectivity index (χ0v) is 17.9. The highest BCUT2D eigenvalue weighted by atomic mass is 15.2. The summed E-state index contributed by atoms with van der Waals surface area (Å²) in [7, 11) is 0. The van der Waals surface area contributed by atoms with Crippen molar-refractivity contribution < 1.29 is 0 Å². The van der Waals surface area contributed by atoms with Crippen LogP contribution >= 0.6 is 0 Å². The van der Waals surface area contributed by atoms with Crippen molar-refractivity contribution in [2.45, 2.75) is 142 Å². The van der Waals surface area contributed by atoms with Gasteiger partial charge in [-0.2, -0.15) is 0 Å². The van der Waals surface area contributed by atoms with E-state index in [-0.39, 0.29) is 0 Å². The fourth-order valence-corrected chi connectivity index (χ4v) is 4.06. The second-order valence-corrected chi connectivity index (χ2v) is 8.78. The predicted molar refractivity (Wildman–Crippen MR) is 112 cm³/mol. The minimum absolute atomic E-state index is 0.376. The van der Waals surface area contributed by atoms with Crippen molar-refractivity contribution in [2.75, 3.05) is 0 Å². The summed E-state index contributed by atoms with van der Waals surface area (Å²) >= 11 is 0. The van der Waals surface area contributed by atoms with Crippen molar-refractivity contribution in [1.29, 1.82) is 0 Å². The Morgan fingerprint density at radius 2 is 1.28 bits per heavy atom. The highest BCUT2D eigenvalue weighted by Crippen LogP contribution is 2.20. The maximum absolute atomic E-state index is 4.01. The Kier molecular flexibility index (Phi) is 12.8. The third-order valence-electron chi connectivity index (χ3n) is 5.35. The maximum atomic E-state index is 4.01. The molecule has 0 aliphatic heterocycles. The Morgan fingerprint density at radius 3 is 1.80 bits per heavy atom. The Labute approximate surface area is 158 Å². The zero-order chi connectivity index (χ0) is 18.5. The van der Waals surface area contributed by atoms with Gasteiger partial charge in [-0.3, -0.25) is 10.6 Å². The molecule has 0 aromatic rings. The molecular formula is C22H47N3. The Hall–Kier alpha value is -0.120. The molecule has 3 heteroatoms. The first kappa shape index (κ1) is 22.9. The molecule has 0 aromatic heterocycles. The van der Waals surface area contributed by atoms with Crippen LogP contribution in [0.5, 0.6) is 0 Å². The monoisotopic (exact) mass is 353 g/mol. The van der Waals surface area contributed by atoms with E-state index in [9.17, 15) is 0 Å². The van der Waals surface area contributed by atoms with Gasteiger partial charge in [0.2, 0.25) is 0 Å². The van der Waals surface area contributed by atoms with E-state index in [2.05, 4.69) is 50.6 Å². The minimum atomic E-state index is 0.376. The molecule has 1 aliphatic rings. The Balaban J connectivity index is 2.47. The van der Waals surface area contributed by atoms with Gasteiger partial charge in [0.25, 0.3) is 0 Å². The van der Waals surface area contributed by atoms with Crippen LogP contribution < -0.4 is 16.0 Å². The fraction of sp³-hybridized carbons (Fsp3) is 1.00. The van der Waals surface area contributed by atoms with Crippen LogP contribution in [-0.4, -0.2) is 30.3 Å². The van der Waals surface area contributed by atoms with Crippen molar-refractivity contribution >= 4 is 0 Å². The smallest absolute Gasteiger partial charge is 0.0734 e. The molecule has 3 nitrogen and oxygen atoms in total. The molecule has 1 aliphatic carbocycles. The summed E-state index contributed by atoms with van der Waals surface area (Å²) in [6.45, 7) is 11.3. The minimum Gasteiger partial charge on any atom is -0.308 e. The number of unbranched alkanes of at least 4 members (excludes halogenated alkanes) is 6. The average Bonchev–Trinajstić information content (AvgIpc) is 3.04. The quantitative estimate of drug-likeness (QED) is 0.274. The Morgan fingerprint density at radius 1 is 0.760 bits per heavy atom. The first-order valence-corrected chi connectivity index (χ1v) is 11.3. The predicted octanol–water partition coefficient (Wildman–Crippen LogP) is 5.35. The molecule has 0 heterocycles. The molecule has 0 saturated heterocycles. The summed E-state index contributed by atoms with van der Waals surface area (Å²) in [5, 5.41) is 11.6. The SMILES string of the molecule is CCCCCCCCCC(NC1CCCC1)C(NC(C)C)NC(C)C. The zero-order valence-electron chi connectivity index (χ0n) is 17.9. The van der Waals surface area contributed by atoms with Crippen LogP contribution in [0.2, 0.25) is 0 Å². The molecule has 0 spiro atoms. The largest absolute Gasteiger partial charge is 0.308 e. The first-order valence-electron chi connectivity index (χ1n) is 11.3. The summed E-state index contributed by atoms with van der Waals surface area (Å²) in [5.41, 5.74) is 0. The van der Waals surface area contributed by atoms with Gasteiger partial charge >= 0.3 is 0 Å². The number of nitrogens with one attached hydrogen (secondary N) is 3. The first-order chi connectivity index (χ1) is 12.0. The lowest BCUT2D eigenvalue weighted by molar-refractivity contribution is 0.251. The molecule has 0 bridgehead atoms. The lowest BCUT2D eigenvalue weighted by Gasteiger charge is -2.35. The summed E-state index contributed by atoms with van der Waals surface area (Å²) in [6, 6.07) is 2.31. The van der Waals surface area contributed by atoms with Gasteiger partial charge < -0.3 is 5.32 Å². The molecule has 25 heavy (non-hydrogen) atoms. The third kappa shape index (κ3) is 11.2.